The number of aliphatic hydroxyl groups is 1. The van der Waals surface area contributed by atoms with E-state index in [-0.39, 0.29) is 19.2 Å². The van der Waals surface area contributed by atoms with Crippen LogP contribution in [0.3, 0.4) is 0 Å². The van der Waals surface area contributed by atoms with Gasteiger partial charge in [0.05, 0.1) is 5.41 Å². The molecule has 6 heteroatoms. The first-order valence-electron chi connectivity index (χ1n) is 7.35. The Balaban J connectivity index is 2.32. The molecule has 0 unspecified atom stereocenters. The lowest BCUT2D eigenvalue weighted by Crippen LogP contribution is -2.45. The topological polar surface area (TPSA) is 89.9 Å². The molecule has 20 heavy (non-hydrogen) atoms. The zero-order valence-electron chi connectivity index (χ0n) is 12.2. The molecule has 1 fully saturated rings. The van der Waals surface area contributed by atoms with Crippen LogP contribution in [0.1, 0.15) is 44.9 Å². The molecule has 0 heterocycles. The Morgan fingerprint density at radius 1 is 1.20 bits per heavy atom. The van der Waals surface area contributed by atoms with Crippen molar-refractivity contribution < 1.29 is 19.8 Å². The van der Waals surface area contributed by atoms with Gasteiger partial charge in [-0.25, -0.2) is 4.79 Å². The van der Waals surface area contributed by atoms with E-state index < -0.39 is 11.4 Å². The fraction of sp³-hybridized carbons (Fsp3) is 0.857. The highest BCUT2D eigenvalue weighted by molar-refractivity contribution is 5.78. The second-order valence-electron chi connectivity index (χ2n) is 5.66. The van der Waals surface area contributed by atoms with Crippen LogP contribution in [0.25, 0.3) is 0 Å². The molecule has 1 saturated carbocycles. The minimum absolute atomic E-state index is 0.178. The van der Waals surface area contributed by atoms with Crippen LogP contribution in [0.4, 0.5) is 4.79 Å². The number of hydrogen-bond donors (Lipinski definition) is 3. The van der Waals surface area contributed by atoms with Crippen LogP contribution in [-0.4, -0.2) is 53.9 Å². The van der Waals surface area contributed by atoms with Crippen molar-refractivity contribution in [2.45, 2.75) is 44.9 Å². The highest BCUT2D eigenvalue weighted by Crippen LogP contribution is 2.37. The molecular formula is C14H26N2O4. The van der Waals surface area contributed by atoms with Gasteiger partial charge in [0.15, 0.2) is 0 Å². The third-order valence-electron chi connectivity index (χ3n) is 4.09. The van der Waals surface area contributed by atoms with Gasteiger partial charge >= 0.3 is 12.0 Å². The van der Waals surface area contributed by atoms with Gasteiger partial charge < -0.3 is 20.4 Å². The van der Waals surface area contributed by atoms with Gasteiger partial charge in [0.25, 0.3) is 0 Å². The molecule has 6 nitrogen and oxygen atoms in total. The average Bonchev–Trinajstić information content (AvgIpc) is 2.91. The molecule has 2 amide bonds. The Kier molecular flexibility index (Phi) is 6.78. The van der Waals surface area contributed by atoms with Crippen LogP contribution < -0.4 is 5.32 Å². The van der Waals surface area contributed by atoms with Crippen molar-refractivity contribution in [2.75, 3.05) is 26.7 Å². The largest absolute Gasteiger partial charge is 0.481 e. The summed E-state index contributed by atoms with van der Waals surface area (Å²) in [5.74, 6) is -0.805. The van der Waals surface area contributed by atoms with Gasteiger partial charge in [0.2, 0.25) is 0 Å². The SMILES string of the molecule is CN(CCCCCO)C(=O)NCC1(C(=O)O)CCCC1. The Morgan fingerprint density at radius 3 is 2.40 bits per heavy atom. The van der Waals surface area contributed by atoms with Crippen LogP contribution in [0.15, 0.2) is 0 Å². The number of carbonyl (C=O) groups is 2. The van der Waals surface area contributed by atoms with Crippen LogP contribution in [0.2, 0.25) is 0 Å². The monoisotopic (exact) mass is 286 g/mol. The van der Waals surface area contributed by atoms with E-state index in [4.69, 9.17) is 5.11 Å². The number of aliphatic carboxylic acids is 1. The van der Waals surface area contributed by atoms with E-state index in [2.05, 4.69) is 5.32 Å². The lowest BCUT2D eigenvalue weighted by molar-refractivity contribution is -0.148. The molecule has 0 radical (unpaired) electrons. The summed E-state index contributed by atoms with van der Waals surface area (Å²) in [6, 6.07) is -0.221. The summed E-state index contributed by atoms with van der Waals surface area (Å²) >= 11 is 0. The Labute approximate surface area is 120 Å². The quantitative estimate of drug-likeness (QED) is 0.589. The minimum Gasteiger partial charge on any atom is -0.481 e. The predicted molar refractivity (Wildman–Crippen MR) is 75.5 cm³/mol. The lowest BCUT2D eigenvalue weighted by atomic mass is 9.86. The first-order valence-corrected chi connectivity index (χ1v) is 7.35. The Bertz CT molecular complexity index is 327. The number of carboxylic acid groups (broad SMARTS) is 1. The van der Waals surface area contributed by atoms with E-state index in [1.54, 1.807) is 11.9 Å². The van der Waals surface area contributed by atoms with Gasteiger partial charge in [-0.1, -0.05) is 12.8 Å². The van der Waals surface area contributed by atoms with Crippen molar-refractivity contribution >= 4 is 12.0 Å². The summed E-state index contributed by atoms with van der Waals surface area (Å²) in [5.41, 5.74) is -0.770. The Hall–Kier alpha value is -1.30. The van der Waals surface area contributed by atoms with E-state index in [9.17, 15) is 14.7 Å². The lowest BCUT2D eigenvalue weighted by Gasteiger charge is -2.26. The van der Waals surface area contributed by atoms with E-state index >= 15 is 0 Å². The zero-order chi connectivity index (χ0) is 15.0. The molecule has 1 aliphatic rings. The van der Waals surface area contributed by atoms with Crippen molar-refractivity contribution in [3.63, 3.8) is 0 Å². The van der Waals surface area contributed by atoms with Crippen molar-refractivity contribution in [3.05, 3.63) is 0 Å². The van der Waals surface area contributed by atoms with Crippen LogP contribution in [0.5, 0.6) is 0 Å². The molecule has 0 atom stereocenters. The number of carbonyl (C=O) groups excluding carboxylic acids is 1. The van der Waals surface area contributed by atoms with Gasteiger partial charge in [0.1, 0.15) is 0 Å². The van der Waals surface area contributed by atoms with Crippen molar-refractivity contribution in [3.8, 4) is 0 Å². The third-order valence-corrected chi connectivity index (χ3v) is 4.09. The first-order chi connectivity index (χ1) is 9.52. The van der Waals surface area contributed by atoms with E-state index in [1.165, 1.54) is 0 Å². The van der Waals surface area contributed by atoms with Gasteiger partial charge in [0, 0.05) is 26.7 Å². The number of urea groups is 1. The molecule has 0 saturated heterocycles. The molecule has 1 aliphatic carbocycles. The van der Waals surface area contributed by atoms with Crippen LogP contribution >= 0.6 is 0 Å². The second kappa shape index (κ2) is 8.09. The number of aliphatic hydroxyl groups excluding tert-OH is 1. The number of rotatable bonds is 8. The summed E-state index contributed by atoms with van der Waals surface area (Å²) in [6.45, 7) is 1.01. The maximum atomic E-state index is 11.9. The number of amides is 2. The van der Waals surface area contributed by atoms with E-state index in [0.717, 1.165) is 32.1 Å². The molecule has 0 bridgehead atoms. The predicted octanol–water partition coefficient (Wildman–Crippen LogP) is 1.44. The fourth-order valence-corrected chi connectivity index (χ4v) is 2.64. The molecular weight excluding hydrogens is 260 g/mol. The maximum Gasteiger partial charge on any atom is 0.317 e. The standard InChI is InChI=1S/C14H26N2O4/c1-16(9-5-2-6-10-17)13(20)15-11-14(12(18)19)7-3-4-8-14/h17H,2-11H2,1H3,(H,15,20)(H,18,19). The fourth-order valence-electron chi connectivity index (χ4n) is 2.64. The number of hydrogen-bond acceptors (Lipinski definition) is 3. The Morgan fingerprint density at radius 2 is 1.85 bits per heavy atom. The number of nitrogens with one attached hydrogen (secondary N) is 1. The molecule has 0 aromatic carbocycles. The summed E-state index contributed by atoms with van der Waals surface area (Å²) in [7, 11) is 1.70. The summed E-state index contributed by atoms with van der Waals surface area (Å²) in [5, 5.41) is 20.7. The molecule has 3 N–H and O–H groups in total. The molecule has 0 spiro atoms. The van der Waals surface area contributed by atoms with E-state index in [0.29, 0.717) is 19.4 Å². The molecule has 0 aromatic heterocycles. The molecule has 1 rings (SSSR count). The van der Waals surface area contributed by atoms with Gasteiger partial charge in [-0.15, -0.1) is 0 Å². The highest BCUT2D eigenvalue weighted by atomic mass is 16.4. The second-order valence-corrected chi connectivity index (χ2v) is 5.66. The summed E-state index contributed by atoms with van der Waals surface area (Å²) < 4.78 is 0. The minimum atomic E-state index is -0.805. The number of nitrogens with zero attached hydrogens (tertiary/aromatic N) is 1. The van der Waals surface area contributed by atoms with Gasteiger partial charge in [-0.3, -0.25) is 4.79 Å². The number of carboxylic acids is 1. The average molecular weight is 286 g/mol. The molecule has 0 aromatic rings. The van der Waals surface area contributed by atoms with Crippen molar-refractivity contribution in [1.29, 1.82) is 0 Å². The summed E-state index contributed by atoms with van der Waals surface area (Å²) in [4.78, 5) is 24.8. The molecule has 0 aliphatic heterocycles. The van der Waals surface area contributed by atoms with Gasteiger partial charge in [-0.05, 0) is 32.1 Å². The first kappa shape index (κ1) is 16.8. The summed E-state index contributed by atoms with van der Waals surface area (Å²) in [6.07, 6.45) is 5.59. The normalized spacial score (nSPS) is 16.9. The number of unbranched alkanes of at least 4 members (excludes halogenated alkanes) is 2. The third kappa shape index (κ3) is 4.67. The van der Waals surface area contributed by atoms with Crippen LogP contribution in [-0.2, 0) is 4.79 Å². The molecule has 116 valence electrons. The van der Waals surface area contributed by atoms with Crippen molar-refractivity contribution in [1.82, 2.24) is 10.2 Å². The maximum absolute atomic E-state index is 11.9. The van der Waals surface area contributed by atoms with Crippen LogP contribution in [0, 0.1) is 5.41 Å². The highest BCUT2D eigenvalue weighted by Gasteiger charge is 2.41. The smallest absolute Gasteiger partial charge is 0.317 e. The zero-order valence-corrected chi connectivity index (χ0v) is 12.2. The van der Waals surface area contributed by atoms with E-state index in [1.807, 2.05) is 0 Å². The van der Waals surface area contributed by atoms with Crippen molar-refractivity contribution in [2.24, 2.45) is 5.41 Å². The van der Waals surface area contributed by atoms with Gasteiger partial charge in [-0.2, -0.15) is 0 Å².